The average molecular weight is 946 g/mol. The molecule has 2 nitrogen and oxygen atoms in total. The molecule has 4 heteroatoms. The van der Waals surface area contributed by atoms with Crippen molar-refractivity contribution in [1.29, 1.82) is 0 Å². The molecule has 0 atom stereocenters. The van der Waals surface area contributed by atoms with Gasteiger partial charge in [0.05, 0.1) is 16.9 Å². The zero-order valence-corrected chi connectivity index (χ0v) is 45.7. The van der Waals surface area contributed by atoms with E-state index in [4.69, 9.17) is 0 Å². The number of hydrogen-bond acceptors (Lipinski definition) is 2. The first-order valence-electron chi connectivity index (χ1n) is 26.2. The van der Waals surface area contributed by atoms with E-state index in [9.17, 15) is 0 Å². The van der Waals surface area contributed by atoms with Gasteiger partial charge in [0.25, 0.3) is 0 Å². The van der Waals surface area contributed by atoms with Crippen LogP contribution in [-0.4, -0.2) is 12.3 Å². The number of aromatic nitrogens is 1. The molecule has 2 aliphatic carbocycles. The van der Waals surface area contributed by atoms with E-state index in [2.05, 4.69) is 242 Å². The second-order valence-electron chi connectivity index (χ2n) is 26.4. The summed E-state index contributed by atoms with van der Waals surface area (Å²) in [5.41, 5.74) is 24.8. The molecule has 9 aromatic rings. The molecule has 2 aromatic heterocycles. The van der Waals surface area contributed by atoms with Gasteiger partial charge >= 0.3 is 0 Å². The third-order valence-electron chi connectivity index (χ3n) is 17.2. The van der Waals surface area contributed by atoms with Crippen LogP contribution in [-0.2, 0) is 32.5 Å². The normalized spacial score (nSPS) is 16.7. The number of nitrogens with zero attached hydrogens (tertiary/aromatic N) is 1. The molecule has 0 spiro atoms. The molecule has 71 heavy (non-hydrogen) atoms. The molecule has 1 N–H and O–H groups in total. The number of thiophene rings is 1. The number of H-pyrrole nitrogens is 1. The first-order valence-corrected chi connectivity index (χ1v) is 27.0. The number of fused-ring (bicyclic) bond motifs is 11. The minimum atomic E-state index is -0.256. The zero-order valence-electron chi connectivity index (χ0n) is 44.9. The van der Waals surface area contributed by atoms with Gasteiger partial charge in [0.2, 0.25) is 7.28 Å². The van der Waals surface area contributed by atoms with Gasteiger partial charge in [-0.2, -0.15) is 0 Å². The number of nitrogens with one attached hydrogen (secondary N) is 1. The third-order valence-corrected chi connectivity index (χ3v) is 18.3. The van der Waals surface area contributed by atoms with Gasteiger partial charge < -0.3 is 9.88 Å². The maximum Gasteiger partial charge on any atom is 0.211 e. The van der Waals surface area contributed by atoms with Gasteiger partial charge in [-0.3, -0.25) is 0 Å². The van der Waals surface area contributed by atoms with Crippen molar-refractivity contribution in [2.24, 2.45) is 0 Å². The highest BCUT2D eigenvalue weighted by Gasteiger charge is 2.44. The van der Waals surface area contributed by atoms with Gasteiger partial charge in [-0.25, -0.2) is 0 Å². The summed E-state index contributed by atoms with van der Waals surface area (Å²) in [4.78, 5) is 6.82. The van der Waals surface area contributed by atoms with Gasteiger partial charge in [0.1, 0.15) is 0 Å². The minimum Gasteiger partial charge on any atom is -0.354 e. The van der Waals surface area contributed by atoms with Gasteiger partial charge in [-0.1, -0.05) is 171 Å². The third kappa shape index (κ3) is 7.00. The predicted octanol–water partition coefficient (Wildman–Crippen LogP) is 17.9. The Labute approximate surface area is 428 Å². The molecule has 3 aliphatic rings. The Balaban J connectivity index is 1.26. The molecule has 12 rings (SSSR count). The molecule has 0 saturated heterocycles. The summed E-state index contributed by atoms with van der Waals surface area (Å²) < 4.78 is 2.68. The first kappa shape index (κ1) is 46.2. The van der Waals surface area contributed by atoms with Crippen molar-refractivity contribution in [3.8, 4) is 33.4 Å². The monoisotopic (exact) mass is 946 g/mol. The molecular formula is C67H70BN2S. The maximum absolute atomic E-state index is 4.10. The smallest absolute Gasteiger partial charge is 0.211 e. The van der Waals surface area contributed by atoms with Crippen molar-refractivity contribution in [1.82, 2.24) is 4.98 Å². The predicted molar refractivity (Wildman–Crippen MR) is 311 cm³/mol. The molecule has 0 amide bonds. The second-order valence-corrected chi connectivity index (χ2v) is 27.5. The summed E-state index contributed by atoms with van der Waals surface area (Å²) in [5.74, 6) is 0. The van der Waals surface area contributed by atoms with E-state index in [1.807, 2.05) is 11.3 Å². The van der Waals surface area contributed by atoms with E-state index in [0.29, 0.717) is 0 Å². The Bertz CT molecular complexity index is 3700. The molecular weight excluding hydrogens is 876 g/mol. The van der Waals surface area contributed by atoms with Crippen LogP contribution in [0.3, 0.4) is 0 Å². The molecule has 0 unspecified atom stereocenters. The van der Waals surface area contributed by atoms with Crippen LogP contribution >= 0.6 is 11.3 Å². The molecule has 1 radical (unpaired) electrons. The SMILES string of the molecule is CC(C)(C)c1ccc(N2c3cc4c(c(-c5cc(C(C)(C)C)cc6c5[nH]c5ccc(C(C)(C)C)cc56)c3[B]c3sc5cc6c(cc5c32)C(C)(C)CCC6(C)C)-c2ccccc2C4(C)C)c(-c2ccccc2)c1. The lowest BCUT2D eigenvalue weighted by Gasteiger charge is -2.42. The van der Waals surface area contributed by atoms with Crippen molar-refractivity contribution >= 4 is 77.8 Å². The molecule has 3 heterocycles. The van der Waals surface area contributed by atoms with E-state index in [1.54, 1.807) is 0 Å². The summed E-state index contributed by atoms with van der Waals surface area (Å²) in [6, 6.07) is 47.8. The quantitative estimate of drug-likeness (QED) is 0.175. The summed E-state index contributed by atoms with van der Waals surface area (Å²) >= 11 is 1.98. The van der Waals surface area contributed by atoms with E-state index in [-0.39, 0.29) is 32.5 Å². The van der Waals surface area contributed by atoms with Crippen LogP contribution in [0.2, 0.25) is 0 Å². The fraction of sp³-hybridized carbons (Fsp3) is 0.343. The van der Waals surface area contributed by atoms with Crippen molar-refractivity contribution in [3.05, 3.63) is 160 Å². The lowest BCUT2D eigenvalue weighted by atomic mass is 9.60. The van der Waals surface area contributed by atoms with E-state index >= 15 is 0 Å². The Morgan fingerprint density at radius 3 is 1.80 bits per heavy atom. The molecule has 0 saturated carbocycles. The van der Waals surface area contributed by atoms with Gasteiger partial charge in [-0.05, 0) is 166 Å². The van der Waals surface area contributed by atoms with Gasteiger partial charge in [-0.15, -0.1) is 11.3 Å². The Morgan fingerprint density at radius 1 is 0.507 bits per heavy atom. The van der Waals surface area contributed by atoms with Crippen LogP contribution in [0.5, 0.6) is 0 Å². The largest absolute Gasteiger partial charge is 0.354 e. The summed E-state index contributed by atoms with van der Waals surface area (Å²) in [6.07, 6.45) is 2.36. The number of hydrogen-bond donors (Lipinski definition) is 1. The zero-order chi connectivity index (χ0) is 50.1. The van der Waals surface area contributed by atoms with Crippen molar-refractivity contribution in [2.45, 2.75) is 149 Å². The number of rotatable bonds is 3. The highest BCUT2D eigenvalue weighted by molar-refractivity contribution is 7.29. The van der Waals surface area contributed by atoms with Crippen LogP contribution in [0.25, 0.3) is 65.3 Å². The molecule has 0 bridgehead atoms. The number of benzene rings is 7. The van der Waals surface area contributed by atoms with Crippen LogP contribution in [0.4, 0.5) is 17.1 Å². The van der Waals surface area contributed by atoms with Crippen molar-refractivity contribution < 1.29 is 0 Å². The molecule has 1 aliphatic heterocycles. The van der Waals surface area contributed by atoms with E-state index < -0.39 is 0 Å². The topological polar surface area (TPSA) is 19.0 Å². The van der Waals surface area contributed by atoms with Crippen LogP contribution < -0.4 is 15.1 Å². The van der Waals surface area contributed by atoms with Crippen molar-refractivity contribution in [2.75, 3.05) is 4.90 Å². The lowest BCUT2D eigenvalue weighted by molar-refractivity contribution is 0.332. The fourth-order valence-corrected chi connectivity index (χ4v) is 13.7. The maximum atomic E-state index is 4.10. The number of anilines is 3. The summed E-state index contributed by atoms with van der Waals surface area (Å²) in [5, 5.41) is 3.93. The molecule has 0 fully saturated rings. The highest BCUT2D eigenvalue weighted by Crippen LogP contribution is 2.58. The minimum absolute atomic E-state index is 0.0196. The Morgan fingerprint density at radius 2 is 1.11 bits per heavy atom. The van der Waals surface area contributed by atoms with Gasteiger partial charge in [0.15, 0.2) is 0 Å². The summed E-state index contributed by atoms with van der Waals surface area (Å²) in [7, 11) is 2.60. The highest BCUT2D eigenvalue weighted by atomic mass is 32.1. The second kappa shape index (κ2) is 15.1. The standard InChI is InChI=1S/C67H70BN2S/c1-62(2,3)39-25-27-52-44(32-39)45-33-41(64(7,8)9)34-47(59(45)69-52)57-56-42-23-19-20-24-48(42)67(14,15)51(56)36-54-58(57)68-61-60(46-35-49-50(37-55(46)71-61)66(12,13)30-29-65(49,10)11)70(54)53-28-26-40(63(4,5)6)31-43(53)38-21-17-16-18-22-38/h16-28,31-37,69H,29-30H2,1-15H3. The fourth-order valence-electron chi connectivity index (χ4n) is 12.6. The van der Waals surface area contributed by atoms with Crippen molar-refractivity contribution in [3.63, 3.8) is 0 Å². The van der Waals surface area contributed by atoms with Crippen LogP contribution in [0, 0.1) is 0 Å². The average Bonchev–Trinajstić information content (AvgIpc) is 3.94. The lowest BCUT2D eigenvalue weighted by Crippen LogP contribution is -2.40. The Kier molecular flexibility index (Phi) is 9.84. The van der Waals surface area contributed by atoms with Gasteiger partial charge in [0, 0.05) is 48.6 Å². The van der Waals surface area contributed by atoms with Crippen LogP contribution in [0.1, 0.15) is 156 Å². The van der Waals surface area contributed by atoms with E-state index in [0.717, 1.165) is 0 Å². The Hall–Kier alpha value is -5.84. The summed E-state index contributed by atoms with van der Waals surface area (Å²) in [6.45, 7) is 35.9. The van der Waals surface area contributed by atoms with E-state index in [1.165, 1.54) is 144 Å². The molecule has 357 valence electrons. The van der Waals surface area contributed by atoms with Crippen LogP contribution in [0.15, 0.2) is 121 Å². The number of aromatic amines is 1. The first-order chi connectivity index (χ1) is 33.3. The molecule has 7 aromatic carbocycles.